The van der Waals surface area contributed by atoms with Gasteiger partial charge in [-0.05, 0) is 92.3 Å². The predicted octanol–water partition coefficient (Wildman–Crippen LogP) is 9.68. The van der Waals surface area contributed by atoms with Crippen LogP contribution in [-0.4, -0.2) is 33.5 Å². The Balaban J connectivity index is 1.30. The van der Waals surface area contributed by atoms with Crippen molar-refractivity contribution < 1.29 is 27.5 Å². The highest BCUT2D eigenvalue weighted by Crippen LogP contribution is 2.30. The first-order valence-corrected chi connectivity index (χ1v) is 16.0. The van der Waals surface area contributed by atoms with E-state index in [4.69, 9.17) is 4.74 Å². The summed E-state index contributed by atoms with van der Waals surface area (Å²) in [5.74, 6) is -0.0588. The Morgan fingerprint density at radius 2 is 1.34 bits per heavy atom. The fourth-order valence-electron chi connectivity index (χ4n) is 5.77. The Morgan fingerprint density at radius 3 is 1.85 bits per heavy atom. The number of carbonyl (C=O) groups excluding carboxylic acids is 2. The van der Waals surface area contributed by atoms with Crippen molar-refractivity contribution >= 4 is 17.8 Å². The lowest BCUT2D eigenvalue weighted by atomic mass is 9.94. The van der Waals surface area contributed by atoms with Crippen LogP contribution in [0.4, 0.5) is 23.8 Å². The number of rotatable bonds is 8. The molecule has 6 nitrogen and oxygen atoms in total. The summed E-state index contributed by atoms with van der Waals surface area (Å²) in [6, 6.07) is 25.5. The van der Waals surface area contributed by atoms with Gasteiger partial charge in [-0.2, -0.15) is 13.2 Å². The van der Waals surface area contributed by atoms with Crippen molar-refractivity contribution in [3.05, 3.63) is 119 Å². The summed E-state index contributed by atoms with van der Waals surface area (Å²) in [5, 5.41) is 0. The highest BCUT2D eigenvalue weighted by molar-refractivity contribution is 6.05. The van der Waals surface area contributed by atoms with E-state index in [1.54, 1.807) is 24.4 Å². The minimum absolute atomic E-state index is 0.133. The summed E-state index contributed by atoms with van der Waals surface area (Å²) in [4.78, 5) is 34.3. The van der Waals surface area contributed by atoms with Gasteiger partial charge >= 0.3 is 12.3 Å². The van der Waals surface area contributed by atoms with E-state index in [-0.39, 0.29) is 24.2 Å². The normalized spacial score (nSPS) is 14.0. The van der Waals surface area contributed by atoms with Crippen LogP contribution in [0.3, 0.4) is 0 Å². The molecule has 0 unspecified atom stereocenters. The van der Waals surface area contributed by atoms with E-state index < -0.39 is 23.2 Å². The van der Waals surface area contributed by atoms with Crippen molar-refractivity contribution in [3.8, 4) is 11.1 Å². The van der Waals surface area contributed by atoms with Crippen molar-refractivity contribution in [1.29, 1.82) is 0 Å². The molecule has 3 aromatic carbocycles. The average Bonchev–Trinajstić information content (AvgIpc) is 3.06. The second-order valence-corrected chi connectivity index (χ2v) is 12.9. The van der Waals surface area contributed by atoms with Gasteiger partial charge in [-0.3, -0.25) is 9.69 Å². The lowest BCUT2D eigenvalue weighted by molar-refractivity contribution is -0.137. The number of halogens is 3. The van der Waals surface area contributed by atoms with Crippen LogP contribution < -0.4 is 4.90 Å². The number of alkyl halides is 3. The smallest absolute Gasteiger partial charge is 0.416 e. The molecule has 1 aliphatic carbocycles. The van der Waals surface area contributed by atoms with Gasteiger partial charge in [0.1, 0.15) is 11.4 Å². The second kappa shape index (κ2) is 14.4. The van der Waals surface area contributed by atoms with E-state index in [9.17, 15) is 22.8 Å². The van der Waals surface area contributed by atoms with Crippen molar-refractivity contribution in [1.82, 2.24) is 9.88 Å². The number of pyridine rings is 1. The maximum Gasteiger partial charge on any atom is 0.416 e. The third-order valence-electron chi connectivity index (χ3n) is 8.21. The maximum absolute atomic E-state index is 13.5. The molecule has 0 saturated heterocycles. The predicted molar refractivity (Wildman–Crippen MR) is 177 cm³/mol. The number of hydrogen-bond acceptors (Lipinski definition) is 4. The summed E-state index contributed by atoms with van der Waals surface area (Å²) >= 11 is 0. The molecule has 47 heavy (non-hydrogen) atoms. The number of aromatic nitrogens is 1. The second-order valence-electron chi connectivity index (χ2n) is 12.9. The maximum atomic E-state index is 13.5. The van der Waals surface area contributed by atoms with Gasteiger partial charge < -0.3 is 9.64 Å². The quantitative estimate of drug-likeness (QED) is 0.192. The molecule has 1 aliphatic rings. The van der Waals surface area contributed by atoms with Crippen molar-refractivity contribution in [3.63, 3.8) is 0 Å². The zero-order chi connectivity index (χ0) is 33.6. The molecule has 0 aliphatic heterocycles. The van der Waals surface area contributed by atoms with Crippen molar-refractivity contribution in [2.75, 3.05) is 4.90 Å². The molecule has 0 atom stereocenters. The third-order valence-corrected chi connectivity index (χ3v) is 8.21. The zero-order valence-electron chi connectivity index (χ0n) is 27.0. The minimum atomic E-state index is -4.49. The van der Waals surface area contributed by atoms with Crippen LogP contribution in [0.15, 0.2) is 97.2 Å². The average molecular weight is 644 g/mol. The molecule has 1 fully saturated rings. The molecule has 4 aromatic rings. The summed E-state index contributed by atoms with van der Waals surface area (Å²) < 4.78 is 45.0. The number of carbonyl (C=O) groups is 2. The summed E-state index contributed by atoms with van der Waals surface area (Å²) in [7, 11) is 0. The Labute approximate surface area is 274 Å². The van der Waals surface area contributed by atoms with Crippen molar-refractivity contribution in [2.45, 2.75) is 83.8 Å². The highest BCUT2D eigenvalue weighted by atomic mass is 19.4. The fourth-order valence-corrected chi connectivity index (χ4v) is 5.77. The number of amides is 2. The molecule has 0 spiro atoms. The molecule has 0 N–H and O–H groups in total. The van der Waals surface area contributed by atoms with Crippen LogP contribution in [0.5, 0.6) is 0 Å². The first-order chi connectivity index (χ1) is 22.4. The van der Waals surface area contributed by atoms with Gasteiger partial charge in [-0.15, -0.1) is 0 Å². The largest absolute Gasteiger partial charge is 0.444 e. The van der Waals surface area contributed by atoms with E-state index >= 15 is 0 Å². The Hall–Kier alpha value is -4.66. The molecular weight excluding hydrogens is 603 g/mol. The Kier molecular flexibility index (Phi) is 10.3. The van der Waals surface area contributed by atoms with Crippen LogP contribution in [0.2, 0.25) is 0 Å². The number of ether oxygens (including phenoxy) is 1. The van der Waals surface area contributed by atoms with Gasteiger partial charge in [0, 0.05) is 24.3 Å². The molecule has 0 bridgehead atoms. The Morgan fingerprint density at radius 1 is 0.766 bits per heavy atom. The lowest BCUT2D eigenvalue weighted by Crippen LogP contribution is -2.43. The molecule has 2 amide bonds. The summed E-state index contributed by atoms with van der Waals surface area (Å²) in [6.07, 6.45) is 2.19. The molecule has 9 heteroatoms. The summed E-state index contributed by atoms with van der Waals surface area (Å²) in [6.45, 7) is 6.32. The van der Waals surface area contributed by atoms with Crippen LogP contribution in [0, 0.1) is 0 Å². The van der Waals surface area contributed by atoms with Crippen molar-refractivity contribution in [2.24, 2.45) is 0 Å². The van der Waals surface area contributed by atoms with Crippen LogP contribution in [0.1, 0.15) is 79.9 Å². The zero-order valence-corrected chi connectivity index (χ0v) is 27.0. The number of hydrogen-bond donors (Lipinski definition) is 0. The minimum Gasteiger partial charge on any atom is -0.444 e. The molecular formula is C38H40F3N3O3. The fraction of sp³-hybridized carbons (Fsp3) is 0.342. The third kappa shape index (κ3) is 8.99. The molecule has 1 saturated carbocycles. The lowest BCUT2D eigenvalue weighted by Gasteiger charge is -2.35. The van der Waals surface area contributed by atoms with Crippen LogP contribution in [-0.2, 0) is 24.0 Å². The summed E-state index contributed by atoms with van der Waals surface area (Å²) in [5.41, 5.74) is 2.59. The number of anilines is 1. The van der Waals surface area contributed by atoms with Gasteiger partial charge in [0.2, 0.25) is 0 Å². The SMILES string of the molecule is CC(C)(C)OC(=O)N(Cc1ccc(-c2ccc(CN(C(=O)c3ccc(C(F)(F)F)cc3)c3ccccn3)cc2)cc1)C1CCCCC1. The monoisotopic (exact) mass is 643 g/mol. The standard InChI is InChI=1S/C38H40F3N3O3/c1-37(2,3)47-36(46)43(33-9-5-4-6-10-33)25-27-12-16-29(17-13-27)30-18-14-28(15-19-30)26-44(34-11-7-8-24-42-34)35(45)31-20-22-32(23-21-31)38(39,40)41/h7-8,11-24,33H,4-6,9-10,25-26H2,1-3H3. The van der Waals surface area contributed by atoms with Gasteiger partial charge in [0.25, 0.3) is 5.91 Å². The molecule has 5 rings (SSSR count). The van der Waals surface area contributed by atoms with Gasteiger partial charge in [0.05, 0.1) is 12.1 Å². The van der Waals surface area contributed by atoms with Crippen LogP contribution in [0.25, 0.3) is 11.1 Å². The first kappa shape index (κ1) is 33.7. The molecule has 1 heterocycles. The van der Waals surface area contributed by atoms with E-state index in [1.807, 2.05) is 74.2 Å². The highest BCUT2D eigenvalue weighted by Gasteiger charge is 2.31. The number of nitrogens with zero attached hydrogens (tertiary/aromatic N) is 3. The topological polar surface area (TPSA) is 62.7 Å². The molecule has 246 valence electrons. The molecule has 0 radical (unpaired) electrons. The van der Waals surface area contributed by atoms with Crippen LogP contribution >= 0.6 is 0 Å². The van der Waals surface area contributed by atoms with Gasteiger partial charge in [0.15, 0.2) is 0 Å². The van der Waals surface area contributed by atoms with Gasteiger partial charge in [-0.25, -0.2) is 9.78 Å². The Bertz CT molecular complexity index is 1630. The number of benzene rings is 3. The molecule has 1 aromatic heterocycles. The first-order valence-electron chi connectivity index (χ1n) is 16.0. The van der Waals surface area contributed by atoms with E-state index in [0.29, 0.717) is 12.4 Å². The van der Waals surface area contributed by atoms with E-state index in [2.05, 4.69) is 4.98 Å². The van der Waals surface area contributed by atoms with Gasteiger partial charge in [-0.1, -0.05) is 73.9 Å². The van der Waals surface area contributed by atoms with E-state index in [1.165, 1.54) is 23.5 Å². The van der Waals surface area contributed by atoms with E-state index in [0.717, 1.165) is 60.1 Å².